The van der Waals surface area contributed by atoms with E-state index in [4.69, 9.17) is 23.2 Å². The summed E-state index contributed by atoms with van der Waals surface area (Å²) in [7, 11) is 0. The van der Waals surface area contributed by atoms with Gasteiger partial charge in [-0.15, -0.1) is 23.2 Å². The molecule has 0 aromatic carbocycles. The number of hydrogen-bond acceptors (Lipinski definition) is 0. The fourth-order valence-corrected chi connectivity index (χ4v) is 0.997. The highest BCUT2D eigenvalue weighted by atomic mass is 35.5. The molecule has 2 heteroatoms. The molecule has 0 aromatic heterocycles. The van der Waals surface area contributed by atoms with E-state index in [2.05, 4.69) is 0 Å². The van der Waals surface area contributed by atoms with Gasteiger partial charge >= 0.3 is 0 Å². The summed E-state index contributed by atoms with van der Waals surface area (Å²) in [4.78, 5) is 0. The second kappa shape index (κ2) is 4.46. The van der Waals surface area contributed by atoms with Gasteiger partial charge in [-0.2, -0.15) is 0 Å². The lowest BCUT2D eigenvalue weighted by atomic mass is 10.2. The molecule has 0 spiro atoms. The van der Waals surface area contributed by atoms with Gasteiger partial charge in [0.25, 0.3) is 0 Å². The Labute approximate surface area is 61.2 Å². The first-order chi connectivity index (χ1) is 3.66. The van der Waals surface area contributed by atoms with Crippen molar-refractivity contribution in [2.45, 2.75) is 31.0 Å². The molecule has 1 radical (unpaired) electrons. The van der Waals surface area contributed by atoms with Gasteiger partial charge in [0.15, 0.2) is 0 Å². The molecular weight excluding hydrogens is 143 g/mol. The van der Waals surface area contributed by atoms with Crippen LogP contribution in [0, 0.1) is 6.42 Å². The first-order valence-corrected chi connectivity index (χ1v) is 3.61. The number of halogens is 2. The molecule has 0 N–H and O–H groups in total. The summed E-state index contributed by atoms with van der Waals surface area (Å²) in [6.45, 7) is 3.89. The van der Waals surface area contributed by atoms with Crippen LogP contribution >= 0.6 is 23.2 Å². The Kier molecular flexibility index (Phi) is 4.78. The summed E-state index contributed by atoms with van der Waals surface area (Å²) < 4.78 is 0. The van der Waals surface area contributed by atoms with Crippen LogP contribution in [0.15, 0.2) is 0 Å². The van der Waals surface area contributed by atoms with Crippen LogP contribution in [0.2, 0.25) is 0 Å². The zero-order chi connectivity index (χ0) is 6.57. The molecule has 0 heterocycles. The molecule has 0 saturated heterocycles. The van der Waals surface area contributed by atoms with Gasteiger partial charge in [0.05, 0.1) is 0 Å². The van der Waals surface area contributed by atoms with E-state index >= 15 is 0 Å². The fourth-order valence-electron chi connectivity index (χ4n) is 0.446. The van der Waals surface area contributed by atoms with E-state index < -0.39 is 0 Å². The van der Waals surface area contributed by atoms with Gasteiger partial charge in [-0.3, -0.25) is 0 Å². The van der Waals surface area contributed by atoms with Crippen LogP contribution in [0.5, 0.6) is 0 Å². The molecule has 0 nitrogen and oxygen atoms in total. The van der Waals surface area contributed by atoms with Gasteiger partial charge in [-0.25, -0.2) is 0 Å². The van der Waals surface area contributed by atoms with E-state index in [0.29, 0.717) is 0 Å². The van der Waals surface area contributed by atoms with E-state index in [0.717, 1.165) is 6.42 Å². The molecule has 0 aliphatic rings. The van der Waals surface area contributed by atoms with E-state index in [-0.39, 0.29) is 10.8 Å². The number of hydrogen-bond donors (Lipinski definition) is 0. The zero-order valence-electron chi connectivity index (χ0n) is 5.20. The Bertz CT molecular complexity index is 52.5. The summed E-state index contributed by atoms with van der Waals surface area (Å²) in [6, 6.07) is 0. The lowest BCUT2D eigenvalue weighted by Gasteiger charge is -2.05. The molecule has 0 aliphatic heterocycles. The van der Waals surface area contributed by atoms with Crippen LogP contribution in [0.1, 0.15) is 20.3 Å². The van der Waals surface area contributed by atoms with Crippen LogP contribution in [-0.2, 0) is 0 Å². The van der Waals surface area contributed by atoms with Crippen molar-refractivity contribution in [1.82, 2.24) is 0 Å². The molecular formula is C6H11Cl2. The van der Waals surface area contributed by atoms with Crippen LogP contribution in [0.3, 0.4) is 0 Å². The highest BCUT2D eigenvalue weighted by Crippen LogP contribution is 2.11. The number of alkyl halides is 2. The third-order valence-corrected chi connectivity index (χ3v) is 1.52. The first kappa shape index (κ1) is 8.58. The molecule has 49 valence electrons. The van der Waals surface area contributed by atoms with Crippen molar-refractivity contribution in [2.75, 3.05) is 0 Å². The third kappa shape index (κ3) is 4.73. The van der Waals surface area contributed by atoms with Gasteiger partial charge in [-0.1, -0.05) is 6.92 Å². The average molecular weight is 154 g/mol. The van der Waals surface area contributed by atoms with Crippen molar-refractivity contribution in [2.24, 2.45) is 0 Å². The van der Waals surface area contributed by atoms with E-state index in [1.807, 2.05) is 20.3 Å². The van der Waals surface area contributed by atoms with Crippen LogP contribution < -0.4 is 0 Å². The molecule has 0 aromatic rings. The lowest BCUT2D eigenvalue weighted by molar-refractivity contribution is 0.799. The second-order valence-corrected chi connectivity index (χ2v) is 3.17. The van der Waals surface area contributed by atoms with E-state index in [1.54, 1.807) is 0 Å². The van der Waals surface area contributed by atoms with Crippen molar-refractivity contribution >= 4 is 23.2 Å². The molecule has 2 unspecified atom stereocenters. The highest BCUT2D eigenvalue weighted by Gasteiger charge is 2.04. The highest BCUT2D eigenvalue weighted by molar-refractivity contribution is 6.23. The Morgan fingerprint density at radius 2 is 2.00 bits per heavy atom. The van der Waals surface area contributed by atoms with Crippen molar-refractivity contribution in [3.63, 3.8) is 0 Å². The molecule has 8 heavy (non-hydrogen) atoms. The Balaban J connectivity index is 3.10. The Hall–Kier alpha value is 0.580. The topological polar surface area (TPSA) is 0 Å². The van der Waals surface area contributed by atoms with Crippen LogP contribution in [0.4, 0.5) is 0 Å². The quantitative estimate of drug-likeness (QED) is 0.548. The van der Waals surface area contributed by atoms with Crippen molar-refractivity contribution < 1.29 is 0 Å². The summed E-state index contributed by atoms with van der Waals surface area (Å²) in [5, 5.41) is 0.330. The SMILES string of the molecule is C[CH]C(Cl)CC(C)Cl. The summed E-state index contributed by atoms with van der Waals surface area (Å²) >= 11 is 11.4. The molecule has 0 rings (SSSR count). The molecule has 0 fully saturated rings. The first-order valence-electron chi connectivity index (χ1n) is 2.74. The van der Waals surface area contributed by atoms with Crippen molar-refractivity contribution in [1.29, 1.82) is 0 Å². The van der Waals surface area contributed by atoms with Crippen molar-refractivity contribution in [3.8, 4) is 0 Å². The predicted octanol–water partition coefficient (Wildman–Crippen LogP) is 2.84. The van der Waals surface area contributed by atoms with Gasteiger partial charge in [0.2, 0.25) is 0 Å². The molecule has 2 atom stereocenters. The monoisotopic (exact) mass is 153 g/mol. The lowest BCUT2D eigenvalue weighted by Crippen LogP contribution is -2.03. The standard InChI is InChI=1S/C6H11Cl2/c1-3-6(8)4-5(2)7/h3,5-6H,4H2,1-2H3. The maximum absolute atomic E-state index is 5.72. The maximum atomic E-state index is 5.72. The summed E-state index contributed by atoms with van der Waals surface area (Å²) in [5.74, 6) is 0. The minimum atomic E-state index is 0.141. The average Bonchev–Trinajstić information content (AvgIpc) is 1.65. The second-order valence-electron chi connectivity index (χ2n) is 1.87. The van der Waals surface area contributed by atoms with Gasteiger partial charge in [0.1, 0.15) is 0 Å². The van der Waals surface area contributed by atoms with Gasteiger partial charge in [0, 0.05) is 10.8 Å². The van der Waals surface area contributed by atoms with Crippen molar-refractivity contribution in [3.05, 3.63) is 6.42 Å². The largest absolute Gasteiger partial charge is 0.123 e. The fraction of sp³-hybridized carbons (Fsp3) is 0.833. The zero-order valence-corrected chi connectivity index (χ0v) is 6.71. The van der Waals surface area contributed by atoms with E-state index in [1.165, 1.54) is 0 Å². The van der Waals surface area contributed by atoms with E-state index in [9.17, 15) is 0 Å². The molecule has 0 amide bonds. The third-order valence-electron chi connectivity index (χ3n) is 0.912. The Morgan fingerprint density at radius 3 is 2.12 bits per heavy atom. The van der Waals surface area contributed by atoms with Crippen LogP contribution in [0.25, 0.3) is 0 Å². The number of rotatable bonds is 3. The predicted molar refractivity (Wildman–Crippen MR) is 39.5 cm³/mol. The minimum absolute atomic E-state index is 0.141. The Morgan fingerprint density at radius 1 is 1.50 bits per heavy atom. The summed E-state index contributed by atoms with van der Waals surface area (Å²) in [5.41, 5.74) is 0. The summed E-state index contributed by atoms with van der Waals surface area (Å²) in [6.07, 6.45) is 2.81. The smallest absolute Gasteiger partial charge is 0.0378 e. The molecule has 0 aliphatic carbocycles. The molecule has 0 saturated carbocycles. The minimum Gasteiger partial charge on any atom is -0.123 e. The van der Waals surface area contributed by atoms with Crippen LogP contribution in [-0.4, -0.2) is 10.8 Å². The van der Waals surface area contributed by atoms with Gasteiger partial charge < -0.3 is 0 Å². The molecule has 0 bridgehead atoms. The maximum Gasteiger partial charge on any atom is 0.0378 e. The normalized spacial score (nSPS) is 18.0. The van der Waals surface area contributed by atoms with Gasteiger partial charge in [-0.05, 0) is 19.8 Å².